The number of carboxylic acid groups (broad SMARTS) is 1. The molecule has 1 aliphatic rings. The lowest BCUT2D eigenvalue weighted by Gasteiger charge is -2.35. The van der Waals surface area contributed by atoms with Crippen LogP contribution in [0, 0.1) is 0 Å². The minimum absolute atomic E-state index is 0.0625. The van der Waals surface area contributed by atoms with E-state index in [0.717, 1.165) is 25.1 Å². The van der Waals surface area contributed by atoms with E-state index in [1.54, 1.807) is 6.92 Å². The van der Waals surface area contributed by atoms with Crippen LogP contribution in [-0.4, -0.2) is 52.4 Å². The van der Waals surface area contributed by atoms with Crippen molar-refractivity contribution in [2.75, 3.05) is 19.6 Å². The fourth-order valence-corrected chi connectivity index (χ4v) is 3.12. The number of aliphatic carboxylic acids is 1. The quantitative estimate of drug-likeness (QED) is 0.455. The second-order valence-corrected chi connectivity index (χ2v) is 6.11. The highest BCUT2D eigenvalue weighted by Gasteiger charge is 2.43. The van der Waals surface area contributed by atoms with E-state index in [1.165, 1.54) is 32.1 Å². The average Bonchev–Trinajstić information content (AvgIpc) is 2.81. The SMILES string of the molecule is CCCCCCCCCC1=NCC[N+]1(CC(=O)O)C(C)O. The summed E-state index contributed by atoms with van der Waals surface area (Å²) in [5, 5.41) is 19.2. The van der Waals surface area contributed by atoms with Crippen molar-refractivity contribution in [2.24, 2.45) is 4.99 Å². The molecule has 0 aromatic carbocycles. The molecule has 0 spiro atoms. The molecule has 0 bridgehead atoms. The number of carboxylic acids is 1. The Labute approximate surface area is 128 Å². The number of nitrogens with zero attached hydrogens (tertiary/aromatic N) is 2. The van der Waals surface area contributed by atoms with Crippen LogP contribution < -0.4 is 0 Å². The normalized spacial score (nSPS) is 23.1. The van der Waals surface area contributed by atoms with Gasteiger partial charge in [0.1, 0.15) is 6.54 Å². The fraction of sp³-hybridized carbons (Fsp3) is 0.875. The van der Waals surface area contributed by atoms with Crippen molar-refractivity contribution in [1.82, 2.24) is 0 Å². The Morgan fingerprint density at radius 2 is 1.86 bits per heavy atom. The lowest BCUT2D eigenvalue weighted by Crippen LogP contribution is -2.59. The van der Waals surface area contributed by atoms with Crippen LogP contribution in [0.25, 0.3) is 0 Å². The number of aliphatic imine (C=N–C) groups is 1. The maximum atomic E-state index is 11.1. The first kappa shape index (κ1) is 18.1. The molecule has 1 rings (SSSR count). The molecule has 0 radical (unpaired) electrons. The first-order chi connectivity index (χ1) is 10.0. The zero-order valence-electron chi connectivity index (χ0n) is 13.6. The first-order valence-corrected chi connectivity index (χ1v) is 8.33. The summed E-state index contributed by atoms with van der Waals surface area (Å²) in [5.74, 6) is 0.00558. The highest BCUT2D eigenvalue weighted by molar-refractivity contribution is 5.80. The Morgan fingerprint density at radius 1 is 1.24 bits per heavy atom. The molecule has 2 unspecified atom stereocenters. The standard InChI is InChI=1S/C16H30N2O3/c1-3-4-5-6-7-8-9-10-15-17-11-12-18(15,14(2)19)13-16(20)21/h14,19H,3-13H2,1-2H3/p+1. The fourth-order valence-electron chi connectivity index (χ4n) is 3.12. The third-order valence-electron chi connectivity index (χ3n) is 4.44. The Morgan fingerprint density at radius 3 is 2.43 bits per heavy atom. The molecule has 0 saturated carbocycles. The second-order valence-electron chi connectivity index (χ2n) is 6.11. The van der Waals surface area contributed by atoms with Gasteiger partial charge in [-0.25, -0.2) is 14.3 Å². The van der Waals surface area contributed by atoms with Crippen LogP contribution in [-0.2, 0) is 4.79 Å². The molecule has 1 heterocycles. The number of aliphatic hydroxyl groups excluding tert-OH is 1. The monoisotopic (exact) mass is 299 g/mol. The van der Waals surface area contributed by atoms with Gasteiger partial charge in [-0.3, -0.25) is 0 Å². The van der Waals surface area contributed by atoms with E-state index in [0.29, 0.717) is 13.1 Å². The van der Waals surface area contributed by atoms with Gasteiger partial charge in [0, 0.05) is 13.3 Å². The number of amidine groups is 1. The molecule has 1 aliphatic heterocycles. The molecule has 122 valence electrons. The van der Waals surface area contributed by atoms with Crippen molar-refractivity contribution < 1.29 is 19.5 Å². The van der Waals surface area contributed by atoms with Crippen molar-refractivity contribution in [3.05, 3.63) is 0 Å². The molecule has 21 heavy (non-hydrogen) atoms. The van der Waals surface area contributed by atoms with Gasteiger partial charge in [-0.15, -0.1) is 0 Å². The zero-order chi connectivity index (χ0) is 15.7. The van der Waals surface area contributed by atoms with E-state index in [4.69, 9.17) is 5.11 Å². The van der Waals surface area contributed by atoms with Crippen molar-refractivity contribution in [2.45, 2.75) is 71.4 Å². The van der Waals surface area contributed by atoms with Crippen LogP contribution in [0.2, 0.25) is 0 Å². The number of aliphatic hydroxyl groups is 1. The summed E-state index contributed by atoms with van der Waals surface area (Å²) < 4.78 is 0.130. The minimum atomic E-state index is -0.870. The molecule has 5 nitrogen and oxygen atoms in total. The number of quaternary nitrogens is 1. The average molecular weight is 299 g/mol. The van der Waals surface area contributed by atoms with Crippen LogP contribution in [0.15, 0.2) is 4.99 Å². The maximum absolute atomic E-state index is 11.1. The number of carbonyl (C=O) groups is 1. The third-order valence-corrected chi connectivity index (χ3v) is 4.44. The summed E-state index contributed by atoms with van der Waals surface area (Å²) in [5.41, 5.74) is 0. The van der Waals surface area contributed by atoms with Crippen LogP contribution in [0.1, 0.15) is 65.2 Å². The Balaban J connectivity index is 2.40. The van der Waals surface area contributed by atoms with Gasteiger partial charge in [-0.05, 0) is 6.42 Å². The summed E-state index contributed by atoms with van der Waals surface area (Å²) in [6.07, 6.45) is 8.72. The van der Waals surface area contributed by atoms with Gasteiger partial charge >= 0.3 is 5.97 Å². The Kier molecular flexibility index (Phi) is 7.89. The van der Waals surface area contributed by atoms with Crippen LogP contribution >= 0.6 is 0 Å². The first-order valence-electron chi connectivity index (χ1n) is 8.33. The molecule has 2 N–H and O–H groups in total. The molecule has 0 saturated heterocycles. The van der Waals surface area contributed by atoms with E-state index in [9.17, 15) is 9.90 Å². The van der Waals surface area contributed by atoms with Crippen molar-refractivity contribution in [3.63, 3.8) is 0 Å². The predicted octanol–water partition coefficient (Wildman–Crippen LogP) is 2.78. The largest absolute Gasteiger partial charge is 0.477 e. The number of unbranched alkanes of at least 4 members (excludes halogenated alkanes) is 6. The molecule has 0 aromatic rings. The van der Waals surface area contributed by atoms with Crippen molar-refractivity contribution >= 4 is 11.8 Å². The van der Waals surface area contributed by atoms with Gasteiger partial charge in [0.2, 0.25) is 5.84 Å². The zero-order valence-corrected chi connectivity index (χ0v) is 13.6. The highest BCUT2D eigenvalue weighted by atomic mass is 16.4. The topological polar surface area (TPSA) is 69.9 Å². The van der Waals surface area contributed by atoms with Gasteiger partial charge in [0.25, 0.3) is 0 Å². The molecule has 0 fully saturated rings. The van der Waals surface area contributed by atoms with E-state index in [-0.39, 0.29) is 11.0 Å². The van der Waals surface area contributed by atoms with E-state index < -0.39 is 12.2 Å². The number of hydrogen-bond acceptors (Lipinski definition) is 3. The van der Waals surface area contributed by atoms with Gasteiger partial charge in [0.05, 0.1) is 6.54 Å². The lowest BCUT2D eigenvalue weighted by atomic mass is 10.1. The summed E-state index contributed by atoms with van der Waals surface area (Å²) in [4.78, 5) is 15.6. The summed E-state index contributed by atoms with van der Waals surface area (Å²) in [7, 11) is 0. The molecular formula is C16H31N2O3+. The predicted molar refractivity (Wildman–Crippen MR) is 84.2 cm³/mol. The van der Waals surface area contributed by atoms with Crippen LogP contribution in [0.5, 0.6) is 0 Å². The Bertz CT molecular complexity index is 355. The van der Waals surface area contributed by atoms with Crippen LogP contribution in [0.4, 0.5) is 0 Å². The Hall–Kier alpha value is -0.940. The number of rotatable bonds is 11. The van der Waals surface area contributed by atoms with Gasteiger partial charge in [-0.1, -0.05) is 45.4 Å². The summed E-state index contributed by atoms with van der Waals surface area (Å²) >= 11 is 0. The maximum Gasteiger partial charge on any atom is 0.359 e. The molecule has 0 aromatic heterocycles. The summed E-state index contributed by atoms with van der Waals surface area (Å²) in [6, 6.07) is 0. The smallest absolute Gasteiger partial charge is 0.359 e. The molecule has 2 atom stereocenters. The third kappa shape index (κ3) is 5.40. The summed E-state index contributed by atoms with van der Waals surface area (Å²) in [6.45, 7) is 5.07. The van der Waals surface area contributed by atoms with Crippen LogP contribution in [0.3, 0.4) is 0 Å². The van der Waals surface area contributed by atoms with E-state index >= 15 is 0 Å². The molecule has 0 amide bonds. The van der Waals surface area contributed by atoms with Crippen molar-refractivity contribution in [1.29, 1.82) is 0 Å². The van der Waals surface area contributed by atoms with Gasteiger partial charge in [-0.2, -0.15) is 0 Å². The molecular weight excluding hydrogens is 268 g/mol. The van der Waals surface area contributed by atoms with Gasteiger partial charge in [0.15, 0.2) is 12.8 Å². The second kappa shape index (κ2) is 9.15. The van der Waals surface area contributed by atoms with E-state index in [2.05, 4.69) is 11.9 Å². The molecule has 0 aliphatic carbocycles. The highest BCUT2D eigenvalue weighted by Crippen LogP contribution is 2.23. The molecule has 5 heteroatoms. The minimum Gasteiger partial charge on any atom is -0.477 e. The lowest BCUT2D eigenvalue weighted by molar-refractivity contribution is -0.877. The van der Waals surface area contributed by atoms with Gasteiger partial charge < -0.3 is 10.2 Å². The number of hydrogen-bond donors (Lipinski definition) is 2. The van der Waals surface area contributed by atoms with Crippen molar-refractivity contribution in [3.8, 4) is 0 Å². The van der Waals surface area contributed by atoms with E-state index in [1.807, 2.05) is 0 Å².